The fraction of sp³-hybridized carbons (Fsp3) is 0.200. The number of rotatable bonds is 10. The molecule has 4 aromatic carbocycles. The molecule has 0 fully saturated rings. The molecule has 0 amide bonds. The Balaban J connectivity index is 1.39. The van der Waals surface area contributed by atoms with Crippen molar-refractivity contribution in [2.75, 3.05) is 0 Å². The maximum atomic E-state index is 14.1. The van der Waals surface area contributed by atoms with Crippen molar-refractivity contribution >= 4 is 39.3 Å². The van der Waals surface area contributed by atoms with Crippen LogP contribution in [-0.2, 0) is 39.3 Å². The van der Waals surface area contributed by atoms with E-state index in [0.717, 1.165) is 0 Å². The predicted molar refractivity (Wildman–Crippen MR) is 179 cm³/mol. The molecule has 0 N–H and O–H groups in total. The van der Waals surface area contributed by atoms with Gasteiger partial charge in [-0.25, -0.2) is 33.7 Å². The second kappa shape index (κ2) is 12.3. The van der Waals surface area contributed by atoms with Gasteiger partial charge in [0.2, 0.25) is 0 Å². The van der Waals surface area contributed by atoms with Gasteiger partial charge in [-0.05, 0) is 61.4 Å². The Bertz CT molecular complexity index is 1950. The maximum absolute atomic E-state index is 14.1. The molecule has 2 aliphatic rings. The lowest BCUT2D eigenvalue weighted by Gasteiger charge is -2.29. The molecule has 0 bridgehead atoms. The summed E-state index contributed by atoms with van der Waals surface area (Å²) in [5, 5.41) is 0. The van der Waals surface area contributed by atoms with Gasteiger partial charge in [0, 0.05) is 17.3 Å². The van der Waals surface area contributed by atoms with Gasteiger partial charge in [0.25, 0.3) is 0 Å². The monoisotopic (exact) mass is 708 g/mol. The number of hydrogen-bond acceptors (Lipinski definition) is 8. The van der Waals surface area contributed by atoms with Crippen molar-refractivity contribution in [1.82, 2.24) is 0 Å². The topological polar surface area (TPSA) is 137 Å². The molecule has 1 spiro atoms. The van der Waals surface area contributed by atoms with Gasteiger partial charge >= 0.3 is 0 Å². The Morgan fingerprint density at radius 3 is 0.872 bits per heavy atom. The number of benzene rings is 4. The highest BCUT2D eigenvalue weighted by molar-refractivity contribution is 8.09. The minimum Gasteiger partial charge on any atom is -0.222 e. The van der Waals surface area contributed by atoms with Crippen LogP contribution in [0.2, 0.25) is 0 Å². The van der Waals surface area contributed by atoms with Crippen molar-refractivity contribution in [2.24, 2.45) is 17.3 Å². The molecule has 4 aromatic rings. The molecule has 0 saturated carbocycles. The van der Waals surface area contributed by atoms with E-state index in [0.29, 0.717) is 0 Å². The van der Waals surface area contributed by atoms with E-state index in [1.54, 1.807) is 48.6 Å². The molecule has 0 unspecified atom stereocenters. The van der Waals surface area contributed by atoms with Crippen LogP contribution in [0.3, 0.4) is 0 Å². The van der Waals surface area contributed by atoms with Gasteiger partial charge < -0.3 is 0 Å². The molecule has 6 rings (SSSR count). The van der Waals surface area contributed by atoms with Crippen molar-refractivity contribution in [3.05, 3.63) is 146 Å². The molecular formula is C35H32O8S4. The second-order valence-electron chi connectivity index (χ2n) is 11.9. The van der Waals surface area contributed by atoms with E-state index in [2.05, 4.69) is 0 Å². The Morgan fingerprint density at radius 1 is 0.404 bits per heavy atom. The van der Waals surface area contributed by atoms with Gasteiger partial charge in [-0.15, -0.1) is 0 Å². The van der Waals surface area contributed by atoms with Crippen molar-refractivity contribution in [1.29, 1.82) is 0 Å². The summed E-state index contributed by atoms with van der Waals surface area (Å²) in [5.41, 5.74) is -0.970. The number of allylic oxidation sites excluding steroid dienone is 4. The number of sulfone groups is 4. The van der Waals surface area contributed by atoms with Crippen LogP contribution < -0.4 is 0 Å². The first-order valence-electron chi connectivity index (χ1n) is 14.8. The van der Waals surface area contributed by atoms with E-state index < -0.39 is 65.8 Å². The highest BCUT2D eigenvalue weighted by atomic mass is 32.3. The van der Waals surface area contributed by atoms with Crippen molar-refractivity contribution < 1.29 is 33.7 Å². The summed E-state index contributed by atoms with van der Waals surface area (Å²) in [7, 11) is -17.8. The molecule has 0 saturated heterocycles. The van der Waals surface area contributed by atoms with Gasteiger partial charge in [-0.2, -0.15) is 0 Å². The zero-order valence-electron chi connectivity index (χ0n) is 25.0. The summed E-state index contributed by atoms with van der Waals surface area (Å²) in [5.74, 6) is -2.02. The lowest BCUT2D eigenvalue weighted by Crippen LogP contribution is -2.38. The summed E-state index contributed by atoms with van der Waals surface area (Å²) in [6, 6.07) is 29.6. The van der Waals surface area contributed by atoms with Crippen LogP contribution in [0.25, 0.3) is 0 Å². The van der Waals surface area contributed by atoms with E-state index in [1.807, 2.05) is 0 Å². The summed E-state index contributed by atoms with van der Waals surface area (Å²) in [4.78, 5) is -0.549. The zero-order valence-corrected chi connectivity index (χ0v) is 28.2. The van der Waals surface area contributed by atoms with Crippen molar-refractivity contribution in [2.45, 2.75) is 41.6 Å². The fourth-order valence-electron chi connectivity index (χ4n) is 6.66. The predicted octanol–water partition coefficient (Wildman–Crippen LogP) is 5.67. The molecule has 0 aromatic heterocycles. The Hall–Kier alpha value is -3.84. The highest BCUT2D eigenvalue weighted by Gasteiger charge is 2.53. The molecule has 8 nitrogen and oxygen atoms in total. The van der Waals surface area contributed by atoms with E-state index in [-0.39, 0.29) is 32.4 Å². The zero-order chi connectivity index (χ0) is 33.5. The van der Waals surface area contributed by atoms with Crippen LogP contribution >= 0.6 is 0 Å². The third-order valence-electron chi connectivity index (χ3n) is 8.79. The van der Waals surface area contributed by atoms with Gasteiger partial charge in [0.1, 0.15) is 0 Å². The SMILES string of the molecule is O=S(=O)(c1ccccc1)C([C@@H]1C=CC2(C=C[C@@H](C(S(=O)(=O)c3ccccc3)S(=O)(=O)c3ccccc3)C2)C1)S(=O)(=O)c1ccccc1. The summed E-state index contributed by atoms with van der Waals surface area (Å²) >= 11 is 0. The third-order valence-corrected chi connectivity index (χ3v) is 19.4. The summed E-state index contributed by atoms with van der Waals surface area (Å²) in [6.45, 7) is 0. The molecule has 0 aliphatic heterocycles. The molecule has 47 heavy (non-hydrogen) atoms. The number of hydrogen-bond donors (Lipinski definition) is 0. The lowest BCUT2D eigenvalue weighted by atomic mass is 9.83. The van der Waals surface area contributed by atoms with E-state index >= 15 is 0 Å². The van der Waals surface area contributed by atoms with Crippen LogP contribution in [0.1, 0.15) is 12.8 Å². The van der Waals surface area contributed by atoms with Crippen LogP contribution in [0.15, 0.2) is 165 Å². The second-order valence-corrected chi connectivity index (χ2v) is 20.7. The van der Waals surface area contributed by atoms with Crippen molar-refractivity contribution in [3.8, 4) is 0 Å². The van der Waals surface area contributed by atoms with Gasteiger partial charge in [-0.1, -0.05) is 97.1 Å². The summed E-state index contributed by atoms with van der Waals surface area (Å²) < 4.78 is 109. The minimum absolute atomic E-state index is 0.0201. The highest BCUT2D eigenvalue weighted by Crippen LogP contribution is 2.52. The Kier molecular flexibility index (Phi) is 8.67. The third kappa shape index (κ3) is 6.03. The fourth-order valence-corrected chi connectivity index (χ4v) is 16.5. The molecule has 0 radical (unpaired) electrons. The first-order valence-corrected chi connectivity index (χ1v) is 21.0. The largest absolute Gasteiger partial charge is 0.222 e. The molecular weight excluding hydrogens is 677 g/mol. The van der Waals surface area contributed by atoms with Crippen LogP contribution in [-0.4, -0.2) is 42.8 Å². The van der Waals surface area contributed by atoms with E-state index in [1.165, 1.54) is 97.1 Å². The normalized spacial score (nSPS) is 19.5. The Labute approximate surface area is 276 Å². The maximum Gasteiger partial charge on any atom is 0.196 e. The van der Waals surface area contributed by atoms with Crippen LogP contribution in [0.5, 0.6) is 0 Å². The van der Waals surface area contributed by atoms with Gasteiger partial charge in [0.05, 0.1) is 19.6 Å². The molecule has 2 atom stereocenters. The Morgan fingerprint density at radius 2 is 0.638 bits per heavy atom. The first kappa shape index (κ1) is 33.1. The van der Waals surface area contributed by atoms with Gasteiger partial charge in [-0.3, -0.25) is 0 Å². The van der Waals surface area contributed by atoms with Crippen molar-refractivity contribution in [3.63, 3.8) is 0 Å². The van der Waals surface area contributed by atoms with Crippen LogP contribution in [0.4, 0.5) is 0 Å². The molecule has 2 aliphatic carbocycles. The smallest absolute Gasteiger partial charge is 0.196 e. The quantitative estimate of drug-likeness (QED) is 0.192. The molecule has 12 heteroatoms. The lowest BCUT2D eigenvalue weighted by molar-refractivity contribution is 0.380. The van der Waals surface area contributed by atoms with Crippen LogP contribution in [0, 0.1) is 17.3 Å². The molecule has 244 valence electrons. The molecule has 0 heterocycles. The average Bonchev–Trinajstić information content (AvgIpc) is 3.67. The van der Waals surface area contributed by atoms with E-state index in [9.17, 15) is 33.7 Å². The van der Waals surface area contributed by atoms with Gasteiger partial charge in [0.15, 0.2) is 48.5 Å². The average molecular weight is 709 g/mol. The first-order chi connectivity index (χ1) is 22.3. The summed E-state index contributed by atoms with van der Waals surface area (Å²) in [6.07, 6.45) is 6.56. The minimum atomic E-state index is -4.44. The van der Waals surface area contributed by atoms with E-state index in [4.69, 9.17) is 0 Å². The standard InChI is InChI=1S/C35H32O8S4/c36-44(37,29-13-5-1-6-14-29)33(45(38,39)30-15-7-2-8-16-30)27-21-23-35(25-27)24-22-28(26-35)34(46(40,41)31-17-9-3-10-18-31)47(42,43)32-19-11-4-12-20-32/h1-24,27-28,33-34H,25-26H2/t27-,28-,35?/m1/s1.